The van der Waals surface area contributed by atoms with Gasteiger partial charge in [-0.15, -0.1) is 0 Å². The zero-order chi connectivity index (χ0) is 22.8. The highest BCUT2D eigenvalue weighted by molar-refractivity contribution is 5.09. The maximum atomic E-state index is 10.7. The summed E-state index contributed by atoms with van der Waals surface area (Å²) in [6, 6.07) is 0. The van der Waals surface area contributed by atoms with Crippen molar-refractivity contribution in [2.24, 2.45) is 34.5 Å². The second-order valence-electron chi connectivity index (χ2n) is 12.0. The summed E-state index contributed by atoms with van der Waals surface area (Å²) in [5.74, 6) is 2.63. The average Bonchev–Trinajstić information content (AvgIpc) is 3.09. The first-order valence-electron chi connectivity index (χ1n) is 12.8. The van der Waals surface area contributed by atoms with Gasteiger partial charge in [-0.1, -0.05) is 13.8 Å². The number of hydrogen-bond donors (Lipinski definition) is 5. The molecule has 1 heterocycles. The summed E-state index contributed by atoms with van der Waals surface area (Å²) >= 11 is 0. The molecule has 0 aromatic heterocycles. The summed E-state index contributed by atoms with van der Waals surface area (Å²) in [7, 11) is 0. The minimum absolute atomic E-state index is 0.0618. The number of hydrogen-bond acceptors (Lipinski definition) is 7. The molecule has 7 nitrogen and oxygen atoms in total. The largest absolute Gasteiger partial charge is 0.394 e. The van der Waals surface area contributed by atoms with Gasteiger partial charge in [0, 0.05) is 0 Å². The lowest BCUT2D eigenvalue weighted by Gasteiger charge is -2.61. The number of ether oxygens (including phenoxy) is 2. The van der Waals surface area contributed by atoms with E-state index in [-0.39, 0.29) is 23.0 Å². The van der Waals surface area contributed by atoms with Gasteiger partial charge in [-0.25, -0.2) is 0 Å². The Morgan fingerprint density at radius 2 is 1.53 bits per heavy atom. The molecule has 0 unspecified atom stereocenters. The smallest absolute Gasteiger partial charge is 0.186 e. The van der Waals surface area contributed by atoms with Crippen molar-refractivity contribution in [1.29, 1.82) is 0 Å². The van der Waals surface area contributed by atoms with Crippen molar-refractivity contribution in [1.82, 2.24) is 0 Å². The normalized spacial score (nSPS) is 58.0. The Morgan fingerprint density at radius 3 is 2.28 bits per heavy atom. The van der Waals surface area contributed by atoms with Crippen molar-refractivity contribution >= 4 is 0 Å². The van der Waals surface area contributed by atoms with Crippen LogP contribution in [-0.2, 0) is 9.47 Å². The zero-order valence-electron chi connectivity index (χ0n) is 19.5. The van der Waals surface area contributed by atoms with Crippen molar-refractivity contribution in [3.8, 4) is 0 Å². The van der Waals surface area contributed by atoms with Gasteiger partial charge in [0.05, 0.1) is 18.8 Å². The number of fused-ring (bicyclic) bond motifs is 5. The Bertz CT molecular complexity index is 687. The Balaban J connectivity index is 1.25. The molecule has 5 N–H and O–H groups in total. The van der Waals surface area contributed by atoms with Crippen LogP contribution in [0.2, 0.25) is 0 Å². The zero-order valence-corrected chi connectivity index (χ0v) is 19.5. The van der Waals surface area contributed by atoms with Gasteiger partial charge in [-0.2, -0.15) is 0 Å². The summed E-state index contributed by atoms with van der Waals surface area (Å²) in [6.45, 7) is 4.37. The monoisotopic (exact) mass is 454 g/mol. The highest BCUT2D eigenvalue weighted by Gasteiger charge is 2.60. The van der Waals surface area contributed by atoms with E-state index < -0.39 is 37.3 Å². The average molecular weight is 455 g/mol. The minimum atomic E-state index is -1.39. The number of rotatable bonds is 3. The second-order valence-corrected chi connectivity index (χ2v) is 12.0. The standard InChI is InChI=1S/C25H42O7/c1-24-9-7-14(31-23-22(30)21(29)20(28)18(12-26)32-23)11-13(24)3-4-15-16-5-6-19(27)25(16,2)10-8-17(15)24/h13-23,26-30H,3-12H2,1-2H3/t13-,14+,15-,16-,17-,18+,19-,20+,21-,22+,23-,24-,25-/m0/s1. The van der Waals surface area contributed by atoms with E-state index in [1.807, 2.05) is 0 Å². The van der Waals surface area contributed by atoms with Crippen LogP contribution in [0.3, 0.4) is 0 Å². The highest BCUT2D eigenvalue weighted by atomic mass is 16.7. The van der Waals surface area contributed by atoms with Crippen LogP contribution in [0.1, 0.15) is 71.6 Å². The molecule has 0 aromatic rings. The Kier molecular flexibility index (Phi) is 6.18. The van der Waals surface area contributed by atoms with Crippen LogP contribution in [0.5, 0.6) is 0 Å². The predicted octanol–water partition coefficient (Wildman–Crippen LogP) is 1.58. The van der Waals surface area contributed by atoms with Crippen LogP contribution >= 0.6 is 0 Å². The molecule has 1 saturated heterocycles. The lowest BCUT2D eigenvalue weighted by Crippen LogP contribution is -2.60. The molecular formula is C25H42O7. The minimum Gasteiger partial charge on any atom is -0.394 e. The predicted molar refractivity (Wildman–Crippen MR) is 116 cm³/mol. The maximum absolute atomic E-state index is 10.7. The van der Waals surface area contributed by atoms with E-state index in [4.69, 9.17) is 9.47 Å². The maximum Gasteiger partial charge on any atom is 0.186 e. The van der Waals surface area contributed by atoms with E-state index in [9.17, 15) is 25.5 Å². The van der Waals surface area contributed by atoms with Gasteiger partial charge in [0.1, 0.15) is 24.4 Å². The third-order valence-corrected chi connectivity index (χ3v) is 10.7. The first-order valence-corrected chi connectivity index (χ1v) is 12.8. The lowest BCUT2D eigenvalue weighted by atomic mass is 9.45. The van der Waals surface area contributed by atoms with Gasteiger partial charge < -0.3 is 35.0 Å². The van der Waals surface area contributed by atoms with Crippen molar-refractivity contribution < 1.29 is 35.0 Å². The molecule has 184 valence electrons. The molecule has 13 atom stereocenters. The van der Waals surface area contributed by atoms with Gasteiger partial charge >= 0.3 is 0 Å². The Hall–Kier alpha value is -0.280. The van der Waals surface area contributed by atoms with Crippen LogP contribution in [0.15, 0.2) is 0 Å². The van der Waals surface area contributed by atoms with Crippen LogP contribution in [0.4, 0.5) is 0 Å². The molecule has 4 saturated carbocycles. The second kappa shape index (κ2) is 8.43. The quantitative estimate of drug-likeness (QED) is 0.411. The van der Waals surface area contributed by atoms with Crippen molar-refractivity contribution in [2.45, 2.75) is 115 Å². The summed E-state index contributed by atoms with van der Waals surface area (Å²) < 4.78 is 11.7. The lowest BCUT2D eigenvalue weighted by molar-refractivity contribution is -0.316. The summed E-state index contributed by atoms with van der Waals surface area (Å²) in [6.07, 6.45) is 3.50. The number of aliphatic hydroxyl groups excluding tert-OH is 5. The van der Waals surface area contributed by atoms with Crippen molar-refractivity contribution in [2.75, 3.05) is 6.61 Å². The van der Waals surface area contributed by atoms with Gasteiger partial charge in [-0.3, -0.25) is 0 Å². The molecule has 0 bridgehead atoms. The first-order chi connectivity index (χ1) is 15.2. The third-order valence-electron chi connectivity index (χ3n) is 10.7. The van der Waals surface area contributed by atoms with Crippen molar-refractivity contribution in [3.05, 3.63) is 0 Å². The summed E-state index contributed by atoms with van der Waals surface area (Å²) in [5.41, 5.74) is 0.390. The third kappa shape index (κ3) is 3.50. The van der Waals surface area contributed by atoms with Crippen molar-refractivity contribution in [3.63, 3.8) is 0 Å². The molecule has 0 amide bonds. The van der Waals surface area contributed by atoms with Crippen LogP contribution in [-0.4, -0.2) is 75.1 Å². The fraction of sp³-hybridized carbons (Fsp3) is 1.00. The molecule has 1 aliphatic heterocycles. The molecule has 0 spiro atoms. The summed E-state index contributed by atoms with van der Waals surface area (Å²) in [5, 5.41) is 50.5. The van der Waals surface area contributed by atoms with Gasteiger partial charge in [-0.05, 0) is 92.3 Å². The molecule has 7 heteroatoms. The van der Waals surface area contributed by atoms with Gasteiger partial charge in [0.25, 0.3) is 0 Å². The van der Waals surface area contributed by atoms with Crippen LogP contribution < -0.4 is 0 Å². The van der Waals surface area contributed by atoms with E-state index in [1.165, 1.54) is 25.7 Å². The topological polar surface area (TPSA) is 120 Å². The van der Waals surface area contributed by atoms with E-state index >= 15 is 0 Å². The SMILES string of the molecule is C[C@]12CC[C@@H](O[C@H]3O[C@H](CO)[C@@H](O)[C@H](O)[C@H]3O)C[C@@H]1CC[C@@H]1[C@@H]2CC[C@]2(C)[C@@H](O)CC[C@@H]12. The molecule has 4 aliphatic carbocycles. The Morgan fingerprint density at radius 1 is 0.812 bits per heavy atom. The first kappa shape index (κ1) is 23.5. The van der Waals surface area contributed by atoms with Gasteiger partial charge in [0.15, 0.2) is 6.29 Å². The Labute approximate surface area is 191 Å². The van der Waals surface area contributed by atoms with E-state index in [2.05, 4.69) is 13.8 Å². The van der Waals surface area contributed by atoms with E-state index in [0.29, 0.717) is 17.8 Å². The molecule has 0 aromatic carbocycles. The fourth-order valence-corrected chi connectivity index (χ4v) is 8.68. The molecule has 32 heavy (non-hydrogen) atoms. The van der Waals surface area contributed by atoms with Crippen LogP contribution in [0, 0.1) is 34.5 Å². The molecule has 5 aliphatic rings. The molecule has 5 rings (SSSR count). The molecular weight excluding hydrogens is 412 g/mol. The fourth-order valence-electron chi connectivity index (χ4n) is 8.68. The molecule has 0 radical (unpaired) electrons. The van der Waals surface area contributed by atoms with E-state index in [1.54, 1.807) is 0 Å². The number of aliphatic hydroxyl groups is 5. The van der Waals surface area contributed by atoms with Gasteiger partial charge in [0.2, 0.25) is 0 Å². The molecule has 5 fully saturated rings. The van der Waals surface area contributed by atoms with Crippen LogP contribution in [0.25, 0.3) is 0 Å². The summed E-state index contributed by atoms with van der Waals surface area (Å²) in [4.78, 5) is 0. The van der Waals surface area contributed by atoms with E-state index in [0.717, 1.165) is 38.0 Å². The highest BCUT2D eigenvalue weighted by Crippen LogP contribution is 2.66.